The van der Waals surface area contributed by atoms with Gasteiger partial charge in [-0.15, -0.1) is 0 Å². The van der Waals surface area contributed by atoms with E-state index in [9.17, 15) is 0 Å². The van der Waals surface area contributed by atoms with Gasteiger partial charge in [0.05, 0.1) is 6.61 Å². The van der Waals surface area contributed by atoms with Crippen LogP contribution in [0, 0.1) is 6.92 Å². The Morgan fingerprint density at radius 2 is 1.85 bits per heavy atom. The third-order valence-corrected chi connectivity index (χ3v) is 3.72. The van der Waals surface area contributed by atoms with Gasteiger partial charge in [-0.25, -0.2) is 4.98 Å². The van der Waals surface area contributed by atoms with Crippen LogP contribution in [0.25, 0.3) is 0 Å². The lowest BCUT2D eigenvalue weighted by atomic mass is 9.97. The molecule has 1 N–H and O–H groups in total. The molecule has 0 spiro atoms. The first-order valence-electron chi connectivity index (χ1n) is 8.03. The van der Waals surface area contributed by atoms with Gasteiger partial charge in [0, 0.05) is 17.8 Å². The lowest BCUT2D eigenvalue weighted by Crippen LogP contribution is -2.22. The Kier molecular flexibility index (Phi) is 6.09. The number of hydrogen-bond acceptors (Lipinski definition) is 4. The van der Waals surface area contributed by atoms with Gasteiger partial charge in [0.1, 0.15) is 0 Å². The second-order valence-electron chi connectivity index (χ2n) is 5.71. The molecule has 1 aliphatic carbocycles. The van der Waals surface area contributed by atoms with Crippen molar-refractivity contribution in [1.29, 1.82) is 0 Å². The highest BCUT2D eigenvalue weighted by Gasteiger charge is 2.13. The number of hydrogen-bond donors (Lipinski definition) is 1. The number of rotatable bonds is 5. The SMILES string of the molecule is CCCOc1cc(C)nc(NC2CCCCCCC2)n1. The maximum Gasteiger partial charge on any atom is 0.226 e. The first-order chi connectivity index (χ1) is 9.78. The maximum absolute atomic E-state index is 5.62. The summed E-state index contributed by atoms with van der Waals surface area (Å²) in [7, 11) is 0. The highest BCUT2D eigenvalue weighted by molar-refractivity contribution is 5.31. The molecule has 0 aromatic carbocycles. The minimum absolute atomic E-state index is 0.510. The topological polar surface area (TPSA) is 47.0 Å². The fourth-order valence-corrected chi connectivity index (χ4v) is 2.67. The highest BCUT2D eigenvalue weighted by atomic mass is 16.5. The molecule has 0 atom stereocenters. The van der Waals surface area contributed by atoms with Crippen LogP contribution in [0.4, 0.5) is 5.95 Å². The summed E-state index contributed by atoms with van der Waals surface area (Å²) < 4.78 is 5.62. The van der Waals surface area contributed by atoms with Crippen LogP contribution in [0.3, 0.4) is 0 Å². The zero-order chi connectivity index (χ0) is 14.2. The summed E-state index contributed by atoms with van der Waals surface area (Å²) in [4.78, 5) is 8.96. The van der Waals surface area contributed by atoms with Gasteiger partial charge in [-0.2, -0.15) is 4.98 Å². The van der Waals surface area contributed by atoms with Crippen molar-refractivity contribution >= 4 is 5.95 Å². The van der Waals surface area contributed by atoms with Gasteiger partial charge in [0.2, 0.25) is 11.8 Å². The Balaban J connectivity index is 1.97. The summed E-state index contributed by atoms with van der Waals surface area (Å²) >= 11 is 0. The van der Waals surface area contributed by atoms with Crippen molar-refractivity contribution in [3.63, 3.8) is 0 Å². The Bertz CT molecular complexity index is 401. The fraction of sp³-hybridized carbons (Fsp3) is 0.750. The van der Waals surface area contributed by atoms with Gasteiger partial charge in [-0.1, -0.05) is 39.0 Å². The molecular formula is C16H27N3O. The predicted molar refractivity (Wildman–Crippen MR) is 82.3 cm³/mol. The third kappa shape index (κ3) is 4.99. The summed E-state index contributed by atoms with van der Waals surface area (Å²) in [5.41, 5.74) is 0.958. The average Bonchev–Trinajstić information content (AvgIpc) is 2.39. The highest BCUT2D eigenvalue weighted by Crippen LogP contribution is 2.20. The van der Waals surface area contributed by atoms with E-state index in [4.69, 9.17) is 4.74 Å². The minimum Gasteiger partial charge on any atom is -0.478 e. The van der Waals surface area contributed by atoms with Crippen molar-refractivity contribution in [2.75, 3.05) is 11.9 Å². The minimum atomic E-state index is 0.510. The molecule has 0 amide bonds. The van der Waals surface area contributed by atoms with Crippen LogP contribution in [0.1, 0.15) is 64.0 Å². The molecule has 1 fully saturated rings. The van der Waals surface area contributed by atoms with Crippen molar-refractivity contribution in [3.8, 4) is 5.88 Å². The van der Waals surface area contributed by atoms with Gasteiger partial charge >= 0.3 is 0 Å². The number of nitrogens with zero attached hydrogens (tertiary/aromatic N) is 2. The van der Waals surface area contributed by atoms with Crippen molar-refractivity contribution < 1.29 is 4.74 Å². The van der Waals surface area contributed by atoms with Gasteiger partial charge in [0.15, 0.2) is 0 Å². The van der Waals surface area contributed by atoms with Crippen LogP contribution in [0.5, 0.6) is 5.88 Å². The van der Waals surface area contributed by atoms with Crippen molar-refractivity contribution in [3.05, 3.63) is 11.8 Å². The van der Waals surface area contributed by atoms with E-state index in [1.165, 1.54) is 44.9 Å². The van der Waals surface area contributed by atoms with Crippen molar-refractivity contribution in [2.24, 2.45) is 0 Å². The van der Waals surface area contributed by atoms with Crippen LogP contribution < -0.4 is 10.1 Å². The van der Waals surface area contributed by atoms with Crippen molar-refractivity contribution in [1.82, 2.24) is 9.97 Å². The molecule has 0 unspecified atom stereocenters. The second kappa shape index (κ2) is 8.08. The van der Waals surface area contributed by atoms with Gasteiger partial charge in [-0.3, -0.25) is 0 Å². The lowest BCUT2D eigenvalue weighted by molar-refractivity contribution is 0.304. The number of aromatic nitrogens is 2. The Morgan fingerprint density at radius 3 is 2.55 bits per heavy atom. The summed E-state index contributed by atoms with van der Waals surface area (Å²) in [6.07, 6.45) is 10.2. The smallest absolute Gasteiger partial charge is 0.226 e. The molecule has 20 heavy (non-hydrogen) atoms. The van der Waals surface area contributed by atoms with Gasteiger partial charge in [0.25, 0.3) is 0 Å². The largest absolute Gasteiger partial charge is 0.478 e. The Morgan fingerprint density at radius 1 is 1.15 bits per heavy atom. The standard InChI is InChI=1S/C16H27N3O/c1-3-11-20-15-12-13(2)17-16(19-15)18-14-9-7-5-4-6-8-10-14/h12,14H,3-11H2,1-2H3,(H,17,18,19). The number of nitrogens with one attached hydrogen (secondary N) is 1. The molecule has 4 heteroatoms. The first-order valence-corrected chi connectivity index (χ1v) is 8.03. The maximum atomic E-state index is 5.62. The van der Waals surface area contributed by atoms with E-state index >= 15 is 0 Å². The van der Waals surface area contributed by atoms with E-state index in [1.54, 1.807) is 0 Å². The molecule has 0 saturated heterocycles. The predicted octanol–water partition coefficient (Wildman–Crippen LogP) is 4.10. The monoisotopic (exact) mass is 277 g/mol. The van der Waals surface area contributed by atoms with E-state index < -0.39 is 0 Å². The van der Waals surface area contributed by atoms with Gasteiger partial charge < -0.3 is 10.1 Å². The van der Waals surface area contributed by atoms with E-state index in [0.717, 1.165) is 18.1 Å². The summed E-state index contributed by atoms with van der Waals surface area (Å²) in [6.45, 7) is 4.80. The first kappa shape index (κ1) is 15.1. The number of ether oxygens (including phenoxy) is 1. The quantitative estimate of drug-likeness (QED) is 0.880. The molecule has 112 valence electrons. The van der Waals surface area contributed by atoms with Crippen LogP contribution in [0.2, 0.25) is 0 Å². The van der Waals surface area contributed by atoms with E-state index in [-0.39, 0.29) is 0 Å². The average molecular weight is 277 g/mol. The molecule has 0 radical (unpaired) electrons. The lowest BCUT2D eigenvalue weighted by Gasteiger charge is -2.21. The normalized spacial score (nSPS) is 17.3. The van der Waals surface area contributed by atoms with E-state index in [1.807, 2.05) is 13.0 Å². The molecule has 4 nitrogen and oxygen atoms in total. The molecular weight excluding hydrogens is 250 g/mol. The number of anilines is 1. The molecule has 1 saturated carbocycles. The van der Waals surface area contributed by atoms with Crippen LogP contribution in [-0.2, 0) is 0 Å². The van der Waals surface area contributed by atoms with Gasteiger partial charge in [-0.05, 0) is 26.2 Å². The molecule has 2 rings (SSSR count). The fourth-order valence-electron chi connectivity index (χ4n) is 2.67. The summed E-state index contributed by atoms with van der Waals surface area (Å²) in [5.74, 6) is 1.41. The second-order valence-corrected chi connectivity index (χ2v) is 5.71. The van der Waals surface area contributed by atoms with E-state index in [0.29, 0.717) is 18.5 Å². The molecule has 1 heterocycles. The molecule has 0 bridgehead atoms. The van der Waals surface area contributed by atoms with Crippen LogP contribution >= 0.6 is 0 Å². The molecule has 1 aromatic rings. The van der Waals surface area contributed by atoms with E-state index in [2.05, 4.69) is 22.2 Å². The Hall–Kier alpha value is -1.32. The summed E-state index contributed by atoms with van der Waals surface area (Å²) in [5, 5.41) is 3.50. The summed E-state index contributed by atoms with van der Waals surface area (Å²) in [6, 6.07) is 2.41. The zero-order valence-corrected chi connectivity index (χ0v) is 12.8. The van der Waals surface area contributed by atoms with Crippen molar-refractivity contribution in [2.45, 2.75) is 71.3 Å². The third-order valence-electron chi connectivity index (χ3n) is 3.72. The van der Waals surface area contributed by atoms with Crippen LogP contribution in [0.15, 0.2) is 6.07 Å². The van der Waals surface area contributed by atoms with Crippen LogP contribution in [-0.4, -0.2) is 22.6 Å². The molecule has 0 aliphatic heterocycles. The zero-order valence-electron chi connectivity index (χ0n) is 12.8. The molecule has 1 aromatic heterocycles. The molecule has 1 aliphatic rings. The number of aryl methyl sites for hydroxylation is 1. The Labute approximate surface area is 122 Å².